The van der Waals surface area contributed by atoms with Gasteiger partial charge in [0.1, 0.15) is 0 Å². The lowest BCUT2D eigenvalue weighted by atomic mass is 9.95. The largest absolute Gasteiger partial charge is 0.292 e. The number of rotatable bonds is 3. The van der Waals surface area contributed by atoms with E-state index in [1.165, 1.54) is 36.9 Å². The van der Waals surface area contributed by atoms with Crippen LogP contribution in [0.4, 0.5) is 0 Å². The minimum Gasteiger partial charge on any atom is -0.292 e. The van der Waals surface area contributed by atoms with Gasteiger partial charge in [-0.2, -0.15) is 0 Å². The van der Waals surface area contributed by atoms with E-state index < -0.39 is 0 Å². The van der Waals surface area contributed by atoms with Crippen molar-refractivity contribution in [1.29, 1.82) is 0 Å². The number of benzene rings is 1. The summed E-state index contributed by atoms with van der Waals surface area (Å²) in [5.74, 6) is 0. The Hall–Kier alpha value is -1.67. The molecule has 0 saturated carbocycles. The summed E-state index contributed by atoms with van der Waals surface area (Å²) in [5.41, 5.74) is 3.87. The van der Waals surface area contributed by atoms with Crippen molar-refractivity contribution >= 4 is 0 Å². The standard InChI is InChI=1S/C18H22N2/c1-15-10-11-17(13-19-15)18-9-5-6-12-20(18)14-16-7-3-2-4-8-16/h2-4,7-8,10-11,13,18H,5-6,9,12,14H2,1H3/t18-/m0/s1. The summed E-state index contributed by atoms with van der Waals surface area (Å²) in [6, 6.07) is 15.7. The second kappa shape index (κ2) is 6.19. The molecule has 1 fully saturated rings. The van der Waals surface area contributed by atoms with Crippen molar-refractivity contribution in [2.24, 2.45) is 0 Å². The van der Waals surface area contributed by atoms with Crippen LogP contribution in [-0.2, 0) is 6.54 Å². The minimum atomic E-state index is 0.525. The summed E-state index contributed by atoms with van der Waals surface area (Å²) in [5, 5.41) is 0. The van der Waals surface area contributed by atoms with Crippen LogP contribution >= 0.6 is 0 Å². The highest BCUT2D eigenvalue weighted by Gasteiger charge is 2.23. The molecule has 0 aliphatic carbocycles. The lowest BCUT2D eigenvalue weighted by molar-refractivity contribution is 0.140. The van der Waals surface area contributed by atoms with E-state index in [9.17, 15) is 0 Å². The summed E-state index contributed by atoms with van der Waals surface area (Å²) >= 11 is 0. The molecular formula is C18H22N2. The van der Waals surface area contributed by atoms with E-state index in [1.54, 1.807) is 0 Å². The fourth-order valence-electron chi connectivity index (χ4n) is 3.05. The van der Waals surface area contributed by atoms with Gasteiger partial charge in [0.05, 0.1) is 0 Å². The fourth-order valence-corrected chi connectivity index (χ4v) is 3.05. The Morgan fingerprint density at radius 2 is 1.95 bits per heavy atom. The third kappa shape index (κ3) is 3.07. The number of pyridine rings is 1. The van der Waals surface area contributed by atoms with Gasteiger partial charge in [-0.3, -0.25) is 9.88 Å². The molecule has 1 atom stereocenters. The molecule has 0 spiro atoms. The van der Waals surface area contributed by atoms with Gasteiger partial charge >= 0.3 is 0 Å². The number of piperidine rings is 1. The van der Waals surface area contributed by atoms with Gasteiger partial charge in [-0.15, -0.1) is 0 Å². The zero-order chi connectivity index (χ0) is 13.8. The third-order valence-corrected chi connectivity index (χ3v) is 4.16. The third-order valence-electron chi connectivity index (χ3n) is 4.16. The van der Waals surface area contributed by atoms with Crippen LogP contribution in [0, 0.1) is 6.92 Å². The second-order valence-electron chi connectivity index (χ2n) is 5.70. The van der Waals surface area contributed by atoms with Gasteiger partial charge < -0.3 is 0 Å². The van der Waals surface area contributed by atoms with Crippen molar-refractivity contribution in [3.05, 3.63) is 65.5 Å². The Labute approximate surface area is 121 Å². The monoisotopic (exact) mass is 266 g/mol. The number of aryl methyl sites for hydroxylation is 1. The van der Waals surface area contributed by atoms with Crippen LogP contribution in [0.2, 0.25) is 0 Å². The Kier molecular flexibility index (Phi) is 4.12. The van der Waals surface area contributed by atoms with Crippen LogP contribution in [0.25, 0.3) is 0 Å². The molecular weight excluding hydrogens is 244 g/mol. The Morgan fingerprint density at radius 3 is 2.70 bits per heavy atom. The quantitative estimate of drug-likeness (QED) is 0.831. The average molecular weight is 266 g/mol. The van der Waals surface area contributed by atoms with Crippen LogP contribution < -0.4 is 0 Å². The molecule has 1 aliphatic heterocycles. The molecule has 1 aromatic heterocycles. The predicted molar refractivity (Wildman–Crippen MR) is 82.4 cm³/mol. The van der Waals surface area contributed by atoms with E-state index in [0.29, 0.717) is 6.04 Å². The first-order valence-electron chi connectivity index (χ1n) is 7.53. The molecule has 20 heavy (non-hydrogen) atoms. The normalized spacial score (nSPS) is 19.9. The predicted octanol–water partition coefficient (Wildman–Crippen LogP) is 4.12. The number of aromatic nitrogens is 1. The van der Waals surface area contributed by atoms with Gasteiger partial charge in [0.25, 0.3) is 0 Å². The van der Waals surface area contributed by atoms with Crippen LogP contribution in [0.3, 0.4) is 0 Å². The highest BCUT2D eigenvalue weighted by molar-refractivity contribution is 5.20. The Morgan fingerprint density at radius 1 is 1.10 bits per heavy atom. The van der Waals surface area contributed by atoms with Crippen molar-refractivity contribution in [3.63, 3.8) is 0 Å². The molecule has 2 heterocycles. The maximum Gasteiger partial charge on any atom is 0.0372 e. The molecule has 1 aromatic carbocycles. The van der Waals surface area contributed by atoms with Crippen molar-refractivity contribution in [1.82, 2.24) is 9.88 Å². The highest BCUT2D eigenvalue weighted by atomic mass is 15.2. The summed E-state index contributed by atoms with van der Waals surface area (Å²) in [7, 11) is 0. The van der Waals surface area contributed by atoms with Gasteiger partial charge in [-0.05, 0) is 43.5 Å². The molecule has 1 saturated heterocycles. The van der Waals surface area contributed by atoms with Crippen molar-refractivity contribution in [2.75, 3.05) is 6.54 Å². The molecule has 0 N–H and O–H groups in total. The van der Waals surface area contributed by atoms with E-state index in [0.717, 1.165) is 12.2 Å². The van der Waals surface area contributed by atoms with E-state index in [-0.39, 0.29) is 0 Å². The number of hydrogen-bond donors (Lipinski definition) is 0. The van der Waals surface area contributed by atoms with Crippen LogP contribution in [0.5, 0.6) is 0 Å². The highest BCUT2D eigenvalue weighted by Crippen LogP contribution is 2.31. The molecule has 2 nitrogen and oxygen atoms in total. The lowest BCUT2D eigenvalue weighted by Crippen LogP contribution is -2.33. The summed E-state index contributed by atoms with van der Waals surface area (Å²) < 4.78 is 0. The lowest BCUT2D eigenvalue weighted by Gasteiger charge is -2.36. The van der Waals surface area contributed by atoms with Gasteiger partial charge in [0.15, 0.2) is 0 Å². The molecule has 0 radical (unpaired) electrons. The van der Waals surface area contributed by atoms with Gasteiger partial charge in [-0.1, -0.05) is 42.8 Å². The fraction of sp³-hybridized carbons (Fsp3) is 0.389. The van der Waals surface area contributed by atoms with Crippen LogP contribution in [0.15, 0.2) is 48.7 Å². The molecule has 2 heteroatoms. The van der Waals surface area contributed by atoms with E-state index in [2.05, 4.69) is 58.5 Å². The second-order valence-corrected chi connectivity index (χ2v) is 5.70. The number of likely N-dealkylation sites (tertiary alicyclic amines) is 1. The molecule has 0 bridgehead atoms. The summed E-state index contributed by atoms with van der Waals surface area (Å²) in [6.07, 6.45) is 5.94. The van der Waals surface area contributed by atoms with Crippen molar-refractivity contribution in [2.45, 2.75) is 38.8 Å². The Bertz CT molecular complexity index is 533. The van der Waals surface area contributed by atoms with E-state index in [1.807, 2.05) is 6.92 Å². The number of nitrogens with zero attached hydrogens (tertiary/aromatic N) is 2. The van der Waals surface area contributed by atoms with Gasteiger partial charge in [-0.25, -0.2) is 0 Å². The maximum absolute atomic E-state index is 4.47. The average Bonchev–Trinajstić information content (AvgIpc) is 2.50. The first kappa shape index (κ1) is 13.3. The molecule has 0 unspecified atom stereocenters. The smallest absolute Gasteiger partial charge is 0.0372 e. The summed E-state index contributed by atoms with van der Waals surface area (Å²) in [4.78, 5) is 7.07. The Balaban J connectivity index is 1.78. The molecule has 2 aromatic rings. The van der Waals surface area contributed by atoms with Crippen LogP contribution in [0.1, 0.15) is 42.1 Å². The minimum absolute atomic E-state index is 0.525. The van der Waals surface area contributed by atoms with Crippen LogP contribution in [-0.4, -0.2) is 16.4 Å². The van der Waals surface area contributed by atoms with Gasteiger partial charge in [0.2, 0.25) is 0 Å². The zero-order valence-corrected chi connectivity index (χ0v) is 12.1. The first-order chi connectivity index (χ1) is 9.83. The zero-order valence-electron chi connectivity index (χ0n) is 12.1. The first-order valence-corrected chi connectivity index (χ1v) is 7.53. The van der Waals surface area contributed by atoms with E-state index in [4.69, 9.17) is 0 Å². The number of hydrogen-bond acceptors (Lipinski definition) is 2. The molecule has 3 rings (SSSR count). The molecule has 104 valence electrons. The SMILES string of the molecule is Cc1ccc([C@@H]2CCCCN2Cc2ccccc2)cn1. The van der Waals surface area contributed by atoms with Gasteiger partial charge in [0, 0.05) is 24.5 Å². The van der Waals surface area contributed by atoms with Crippen molar-refractivity contribution in [3.8, 4) is 0 Å². The molecule has 0 amide bonds. The topological polar surface area (TPSA) is 16.1 Å². The summed E-state index contributed by atoms with van der Waals surface area (Å²) in [6.45, 7) is 4.28. The van der Waals surface area contributed by atoms with Crippen molar-refractivity contribution < 1.29 is 0 Å². The van der Waals surface area contributed by atoms with E-state index >= 15 is 0 Å². The molecule has 1 aliphatic rings. The maximum atomic E-state index is 4.47.